The molecule has 182 valence electrons. The molecule has 0 saturated carbocycles. The van der Waals surface area contributed by atoms with Crippen LogP contribution in [0.15, 0.2) is 59.5 Å². The van der Waals surface area contributed by atoms with Crippen LogP contribution in [-0.4, -0.2) is 50.8 Å². The number of nitrogens with zero attached hydrogens (tertiary/aromatic N) is 3. The van der Waals surface area contributed by atoms with Gasteiger partial charge in [-0.2, -0.15) is 13.2 Å². The smallest absolute Gasteiger partial charge is 0.476 e. The lowest BCUT2D eigenvalue weighted by atomic mass is 10.1. The van der Waals surface area contributed by atoms with Crippen LogP contribution >= 0.6 is 0 Å². The Morgan fingerprint density at radius 3 is 2.59 bits per heavy atom. The lowest BCUT2D eigenvalue weighted by Gasteiger charge is -2.23. The third-order valence-corrected chi connectivity index (χ3v) is 4.96. The van der Waals surface area contributed by atoms with Crippen LogP contribution in [0.25, 0.3) is 0 Å². The average molecular weight is 483 g/mol. The van der Waals surface area contributed by atoms with Crippen molar-refractivity contribution in [1.29, 1.82) is 0 Å². The lowest BCUT2D eigenvalue weighted by Crippen LogP contribution is -2.34. The van der Waals surface area contributed by atoms with E-state index in [1.807, 2.05) is 18.3 Å². The number of hydrogen-bond acceptors (Lipinski definition) is 5. The summed E-state index contributed by atoms with van der Waals surface area (Å²) in [6.45, 7) is 2.21. The number of carboxylic acids is 1. The van der Waals surface area contributed by atoms with Gasteiger partial charge in [0.15, 0.2) is 11.6 Å². The minimum absolute atomic E-state index is 0.0105. The van der Waals surface area contributed by atoms with E-state index in [1.165, 1.54) is 24.6 Å². The standard InChI is InChI=1S/C20H20FN3O3.C2HF3O2/c21-17-5-1-8-22-19(17)27-11-7-15-12-23-9-2-4-16(23)14-24(13-15)20(25)18-6-3-10-26-18;3-2(4,5)1(6)7/h1-6,8-10,15H,7,11-14H2;(H,6,7). The van der Waals surface area contributed by atoms with Crippen LogP contribution in [0, 0.1) is 11.7 Å². The number of carboxylic acid groups (broad SMARTS) is 1. The Labute approximate surface area is 191 Å². The van der Waals surface area contributed by atoms with Gasteiger partial charge in [0.25, 0.3) is 5.91 Å². The number of carbonyl (C=O) groups excluding carboxylic acids is 1. The number of amides is 1. The largest absolute Gasteiger partial charge is 0.490 e. The second kappa shape index (κ2) is 10.9. The number of aliphatic carboxylic acids is 1. The quantitative estimate of drug-likeness (QED) is 0.552. The second-order valence-corrected chi connectivity index (χ2v) is 7.41. The molecule has 0 radical (unpaired) electrons. The third-order valence-electron chi connectivity index (χ3n) is 4.96. The first-order chi connectivity index (χ1) is 16.1. The Balaban J connectivity index is 0.000000406. The third kappa shape index (κ3) is 6.59. The molecule has 1 atom stereocenters. The van der Waals surface area contributed by atoms with Crippen molar-refractivity contribution >= 4 is 11.9 Å². The van der Waals surface area contributed by atoms with Gasteiger partial charge in [0.2, 0.25) is 5.88 Å². The lowest BCUT2D eigenvalue weighted by molar-refractivity contribution is -0.192. The van der Waals surface area contributed by atoms with E-state index in [0.717, 1.165) is 12.2 Å². The van der Waals surface area contributed by atoms with Gasteiger partial charge in [0.05, 0.1) is 19.4 Å². The zero-order chi connectivity index (χ0) is 24.7. The second-order valence-electron chi connectivity index (χ2n) is 7.41. The van der Waals surface area contributed by atoms with Gasteiger partial charge < -0.3 is 23.7 Å². The Morgan fingerprint density at radius 2 is 1.94 bits per heavy atom. The Morgan fingerprint density at radius 1 is 1.18 bits per heavy atom. The summed E-state index contributed by atoms with van der Waals surface area (Å²) in [5, 5.41) is 7.12. The summed E-state index contributed by atoms with van der Waals surface area (Å²) in [6, 6.07) is 10.2. The molecule has 1 N–H and O–H groups in total. The van der Waals surface area contributed by atoms with Crippen molar-refractivity contribution in [2.75, 3.05) is 13.2 Å². The van der Waals surface area contributed by atoms with E-state index in [2.05, 4.69) is 9.55 Å². The first-order valence-electron chi connectivity index (χ1n) is 10.2. The van der Waals surface area contributed by atoms with Crippen LogP contribution in [0.2, 0.25) is 0 Å². The summed E-state index contributed by atoms with van der Waals surface area (Å²) in [6.07, 6.45) is 0.610. The minimum atomic E-state index is -5.08. The number of halogens is 4. The molecular weight excluding hydrogens is 462 g/mol. The van der Waals surface area contributed by atoms with Gasteiger partial charge in [-0.25, -0.2) is 14.2 Å². The van der Waals surface area contributed by atoms with E-state index in [1.54, 1.807) is 17.0 Å². The number of pyridine rings is 1. The Bertz CT molecular complexity index is 1100. The molecule has 0 aliphatic carbocycles. The predicted molar refractivity (Wildman–Crippen MR) is 109 cm³/mol. The Hall–Kier alpha value is -3.83. The zero-order valence-corrected chi connectivity index (χ0v) is 17.7. The topological polar surface area (TPSA) is 97.8 Å². The molecule has 0 spiro atoms. The molecule has 1 aliphatic heterocycles. The summed E-state index contributed by atoms with van der Waals surface area (Å²) < 4.78 is 58.3. The highest BCUT2D eigenvalue weighted by Gasteiger charge is 2.38. The molecule has 0 saturated heterocycles. The van der Waals surface area contributed by atoms with Crippen molar-refractivity contribution in [3.8, 4) is 5.88 Å². The van der Waals surface area contributed by atoms with Crippen LogP contribution in [0.4, 0.5) is 17.6 Å². The van der Waals surface area contributed by atoms with E-state index in [4.69, 9.17) is 19.1 Å². The van der Waals surface area contributed by atoms with Crippen molar-refractivity contribution in [2.45, 2.75) is 25.7 Å². The summed E-state index contributed by atoms with van der Waals surface area (Å²) in [4.78, 5) is 27.4. The number of furan rings is 1. The maximum absolute atomic E-state index is 13.6. The molecule has 3 aromatic rings. The summed E-state index contributed by atoms with van der Waals surface area (Å²) in [5.74, 6) is -2.84. The fourth-order valence-electron chi connectivity index (χ4n) is 3.37. The van der Waals surface area contributed by atoms with Gasteiger partial charge >= 0.3 is 12.1 Å². The first kappa shape index (κ1) is 24.8. The van der Waals surface area contributed by atoms with Crippen molar-refractivity contribution in [2.24, 2.45) is 5.92 Å². The van der Waals surface area contributed by atoms with Crippen LogP contribution in [0.1, 0.15) is 22.7 Å². The molecule has 0 fully saturated rings. The SMILES string of the molecule is O=C(O)C(F)(F)F.O=C(c1ccco1)N1Cc2cccn2CC(CCOc2ncccc2F)C1. The number of fused-ring (bicyclic) bond motifs is 1. The minimum Gasteiger partial charge on any atom is -0.476 e. The fourth-order valence-corrected chi connectivity index (χ4v) is 3.37. The molecule has 1 amide bonds. The van der Waals surface area contributed by atoms with E-state index in [-0.39, 0.29) is 17.7 Å². The molecule has 3 aromatic heterocycles. The molecule has 12 heteroatoms. The molecule has 4 heterocycles. The van der Waals surface area contributed by atoms with Crippen molar-refractivity contribution in [1.82, 2.24) is 14.5 Å². The fraction of sp³-hybridized carbons (Fsp3) is 0.318. The number of rotatable bonds is 5. The number of carbonyl (C=O) groups is 2. The number of alkyl halides is 3. The highest BCUT2D eigenvalue weighted by molar-refractivity contribution is 5.91. The number of aromatic nitrogens is 2. The molecule has 34 heavy (non-hydrogen) atoms. The summed E-state index contributed by atoms with van der Waals surface area (Å²) in [7, 11) is 0. The zero-order valence-electron chi connectivity index (χ0n) is 17.7. The molecule has 0 bridgehead atoms. The summed E-state index contributed by atoms with van der Waals surface area (Å²) >= 11 is 0. The maximum atomic E-state index is 13.6. The van der Waals surface area contributed by atoms with E-state index in [0.29, 0.717) is 31.9 Å². The van der Waals surface area contributed by atoms with Gasteiger partial charge in [-0.15, -0.1) is 0 Å². The number of ether oxygens (including phenoxy) is 1. The van der Waals surface area contributed by atoms with Crippen LogP contribution < -0.4 is 4.74 Å². The molecule has 0 aromatic carbocycles. The molecule has 1 unspecified atom stereocenters. The highest BCUT2D eigenvalue weighted by atomic mass is 19.4. The predicted octanol–water partition coefficient (Wildman–Crippen LogP) is 3.99. The first-order valence-corrected chi connectivity index (χ1v) is 10.2. The van der Waals surface area contributed by atoms with Gasteiger partial charge in [-0.05, 0) is 48.7 Å². The van der Waals surface area contributed by atoms with Crippen molar-refractivity contribution < 1.29 is 41.4 Å². The Kier molecular flexibility index (Phi) is 7.92. The summed E-state index contributed by atoms with van der Waals surface area (Å²) in [5.41, 5.74) is 1.08. The van der Waals surface area contributed by atoms with Gasteiger partial charge in [-0.1, -0.05) is 0 Å². The van der Waals surface area contributed by atoms with E-state index < -0.39 is 18.0 Å². The van der Waals surface area contributed by atoms with Crippen LogP contribution in [0.3, 0.4) is 0 Å². The van der Waals surface area contributed by atoms with E-state index >= 15 is 0 Å². The average Bonchev–Trinajstić information content (AvgIpc) is 3.44. The van der Waals surface area contributed by atoms with Gasteiger partial charge in [-0.3, -0.25) is 4.79 Å². The molecule has 1 aliphatic rings. The van der Waals surface area contributed by atoms with Crippen molar-refractivity contribution in [3.05, 3.63) is 72.3 Å². The monoisotopic (exact) mass is 483 g/mol. The van der Waals surface area contributed by atoms with E-state index in [9.17, 15) is 22.4 Å². The van der Waals surface area contributed by atoms with Crippen molar-refractivity contribution in [3.63, 3.8) is 0 Å². The van der Waals surface area contributed by atoms with Gasteiger partial charge in [0.1, 0.15) is 0 Å². The molecule has 4 rings (SSSR count). The van der Waals surface area contributed by atoms with Gasteiger partial charge in [0, 0.05) is 31.2 Å². The van der Waals surface area contributed by atoms with Crippen LogP contribution in [0.5, 0.6) is 5.88 Å². The highest BCUT2D eigenvalue weighted by Crippen LogP contribution is 2.22. The maximum Gasteiger partial charge on any atom is 0.490 e. The van der Waals surface area contributed by atoms with Crippen LogP contribution in [-0.2, 0) is 17.9 Å². The molecule has 8 nitrogen and oxygen atoms in total. The normalized spacial score (nSPS) is 15.5. The molecular formula is C22H21F4N3O5. The number of hydrogen-bond donors (Lipinski definition) is 1.